The predicted molar refractivity (Wildman–Crippen MR) is 175 cm³/mol. The molecule has 0 aliphatic rings. The summed E-state index contributed by atoms with van der Waals surface area (Å²) >= 11 is 0. The summed E-state index contributed by atoms with van der Waals surface area (Å²) in [5.41, 5.74) is 2.57. The largest absolute Gasteiger partial charge is 0.505 e. The highest BCUT2D eigenvalue weighted by molar-refractivity contribution is 7.86. The van der Waals surface area contributed by atoms with Gasteiger partial charge in [0.15, 0.2) is 5.75 Å². The SMILES string of the molecule is Nc1cc2c(O)c(/N=N/c3ccc(/N=N/c4ccc([N+](=O)[O-])cc4S(=O)(=O)O)c4ccc(S(=O)(=O)O)cc34)c(S(=O)(=O)O)cc2cc1S(=O)(=O)O. The van der Waals surface area contributed by atoms with Crippen LogP contribution in [0.5, 0.6) is 5.75 Å². The molecule has 266 valence electrons. The van der Waals surface area contributed by atoms with Gasteiger partial charge in [-0.2, -0.15) is 33.7 Å². The normalized spacial score (nSPS) is 13.1. The number of fused-ring (bicyclic) bond motifs is 2. The second-order valence-electron chi connectivity index (χ2n) is 10.2. The Hall–Kier alpha value is -5.54. The van der Waals surface area contributed by atoms with Crippen molar-refractivity contribution < 1.29 is 61.9 Å². The summed E-state index contributed by atoms with van der Waals surface area (Å²) in [6.07, 6.45) is 0. The van der Waals surface area contributed by atoms with Crippen LogP contribution >= 0.6 is 0 Å². The Labute approximate surface area is 285 Å². The highest BCUT2D eigenvalue weighted by Crippen LogP contribution is 2.44. The van der Waals surface area contributed by atoms with Crippen LogP contribution in [0.3, 0.4) is 0 Å². The number of azo groups is 2. The van der Waals surface area contributed by atoms with Crippen molar-refractivity contribution in [3.8, 4) is 5.75 Å². The topological polar surface area (TPSA) is 356 Å². The summed E-state index contributed by atoms with van der Waals surface area (Å²) in [6, 6.07) is 9.80. The lowest BCUT2D eigenvalue weighted by Gasteiger charge is -2.11. The number of benzene rings is 5. The fraction of sp³-hybridized carbons (Fsp3) is 0. The van der Waals surface area contributed by atoms with Gasteiger partial charge in [-0.1, -0.05) is 6.07 Å². The van der Waals surface area contributed by atoms with Crippen LogP contribution in [-0.2, 0) is 40.5 Å². The Kier molecular flexibility index (Phi) is 9.11. The number of phenolic OH excluding ortho intramolecular Hbond substituents is 1. The van der Waals surface area contributed by atoms with Crippen molar-refractivity contribution in [1.82, 2.24) is 0 Å². The molecule has 0 spiro atoms. The number of aromatic hydroxyl groups is 1. The predicted octanol–water partition coefficient (Wildman–Crippen LogP) is 5.01. The number of nitrogens with zero attached hydrogens (tertiary/aromatic N) is 5. The highest BCUT2D eigenvalue weighted by Gasteiger charge is 2.25. The number of nitro groups is 1. The minimum Gasteiger partial charge on any atom is -0.505 e. The second kappa shape index (κ2) is 12.7. The number of nitrogen functional groups attached to an aromatic ring is 1. The van der Waals surface area contributed by atoms with Gasteiger partial charge in [0.2, 0.25) is 0 Å². The molecule has 0 amide bonds. The van der Waals surface area contributed by atoms with Crippen LogP contribution in [0.25, 0.3) is 21.5 Å². The van der Waals surface area contributed by atoms with Crippen molar-refractivity contribution >= 4 is 96.1 Å². The lowest BCUT2D eigenvalue weighted by atomic mass is 10.1. The Morgan fingerprint density at radius 3 is 1.67 bits per heavy atom. The number of non-ortho nitro benzene ring substituents is 1. The molecule has 0 saturated carbocycles. The monoisotopic (exact) mass is 782 g/mol. The van der Waals surface area contributed by atoms with E-state index in [-0.39, 0.29) is 32.9 Å². The van der Waals surface area contributed by atoms with Gasteiger partial charge in [0.25, 0.3) is 46.2 Å². The van der Waals surface area contributed by atoms with Crippen LogP contribution in [0, 0.1) is 10.1 Å². The van der Waals surface area contributed by atoms with Crippen LogP contribution in [0.1, 0.15) is 0 Å². The van der Waals surface area contributed by atoms with Gasteiger partial charge in [-0.3, -0.25) is 28.3 Å². The van der Waals surface area contributed by atoms with Gasteiger partial charge in [-0.15, -0.1) is 20.5 Å². The van der Waals surface area contributed by atoms with Crippen molar-refractivity contribution in [3.63, 3.8) is 0 Å². The molecule has 0 bridgehead atoms. The van der Waals surface area contributed by atoms with Crippen LogP contribution < -0.4 is 5.73 Å². The number of anilines is 1. The molecule has 5 aromatic carbocycles. The fourth-order valence-corrected chi connectivity index (χ4v) is 7.10. The van der Waals surface area contributed by atoms with E-state index in [0.717, 1.165) is 48.5 Å². The molecule has 0 atom stereocenters. The number of hydrogen-bond acceptors (Lipinski definition) is 16. The first-order chi connectivity index (χ1) is 23.5. The maximum atomic E-state index is 12.3. The van der Waals surface area contributed by atoms with E-state index >= 15 is 0 Å². The van der Waals surface area contributed by atoms with Gasteiger partial charge < -0.3 is 10.8 Å². The van der Waals surface area contributed by atoms with Gasteiger partial charge >= 0.3 is 0 Å². The third-order valence-corrected chi connectivity index (χ3v) is 10.4. The zero-order chi connectivity index (χ0) is 37.8. The molecule has 51 heavy (non-hydrogen) atoms. The Bertz CT molecular complexity index is 2860. The Morgan fingerprint density at radius 2 is 1.10 bits per heavy atom. The highest BCUT2D eigenvalue weighted by atomic mass is 32.2. The molecular formula is C26H18N6O15S4. The molecule has 25 heteroatoms. The molecule has 0 aliphatic heterocycles. The van der Waals surface area contributed by atoms with Gasteiger partial charge in [-0.25, -0.2) is 0 Å². The minimum atomic E-state index is -5.24. The first-order valence-electron chi connectivity index (χ1n) is 13.1. The molecule has 0 radical (unpaired) electrons. The summed E-state index contributed by atoms with van der Waals surface area (Å²) in [6.45, 7) is 0. The molecular weight excluding hydrogens is 765 g/mol. The summed E-state index contributed by atoms with van der Waals surface area (Å²) in [7, 11) is -20.1. The molecule has 5 aromatic rings. The molecule has 21 nitrogen and oxygen atoms in total. The van der Waals surface area contributed by atoms with E-state index in [1.807, 2.05) is 0 Å². The van der Waals surface area contributed by atoms with Crippen LogP contribution in [-0.4, -0.2) is 61.9 Å². The summed E-state index contributed by atoms with van der Waals surface area (Å²) in [5.74, 6) is -0.983. The number of phenols is 1. The number of nitrogens with two attached hydrogens (primary N) is 1. The van der Waals surface area contributed by atoms with Gasteiger partial charge in [0.1, 0.15) is 26.1 Å². The smallest absolute Gasteiger partial charge is 0.297 e. The Morgan fingerprint density at radius 1 is 0.569 bits per heavy atom. The molecule has 0 unspecified atom stereocenters. The summed E-state index contributed by atoms with van der Waals surface area (Å²) < 4.78 is 134. The fourth-order valence-electron chi connectivity index (χ4n) is 4.66. The zero-order valence-corrected chi connectivity index (χ0v) is 27.9. The molecule has 0 heterocycles. The average Bonchev–Trinajstić information content (AvgIpc) is 3.01. The number of hydrogen-bond donors (Lipinski definition) is 6. The maximum absolute atomic E-state index is 12.3. The third kappa shape index (κ3) is 7.49. The summed E-state index contributed by atoms with van der Waals surface area (Å²) in [4.78, 5) is 6.60. The summed E-state index contributed by atoms with van der Waals surface area (Å²) in [5, 5.41) is 36.5. The van der Waals surface area contributed by atoms with Gasteiger partial charge in [-0.05, 0) is 53.9 Å². The van der Waals surface area contributed by atoms with Crippen molar-refractivity contribution in [2.24, 2.45) is 20.5 Å². The van der Waals surface area contributed by atoms with E-state index in [0.29, 0.717) is 12.1 Å². The van der Waals surface area contributed by atoms with E-state index < -0.39 is 93.5 Å². The standard InChI is InChI=1S/C26H18N6O15S4/c27-18-11-16-12(7-22(18)49(39,40)41)8-24(51(45,46)47)25(26(16)33)31-29-20-6-5-19(15-3-2-14(10-17(15)20)48(36,37)38)28-30-21-4-1-13(32(34)35)9-23(21)50(42,43)44/h1-11,33H,27H2,(H,36,37,38)(H,39,40,41)(H,42,43,44)(H,45,46,47)/b30-28+,31-29+. The first-order valence-corrected chi connectivity index (χ1v) is 18.9. The lowest BCUT2D eigenvalue weighted by Crippen LogP contribution is -2.04. The number of rotatable bonds is 9. The van der Waals surface area contributed by atoms with E-state index in [4.69, 9.17) is 5.73 Å². The molecule has 0 saturated heterocycles. The lowest BCUT2D eigenvalue weighted by molar-refractivity contribution is -0.385. The van der Waals surface area contributed by atoms with Crippen molar-refractivity contribution in [1.29, 1.82) is 0 Å². The molecule has 0 aliphatic carbocycles. The first kappa shape index (κ1) is 36.7. The Balaban J connectivity index is 1.72. The second-order valence-corrected chi connectivity index (χ2v) is 15.8. The molecule has 5 rings (SSSR count). The maximum Gasteiger partial charge on any atom is 0.297 e. The van der Waals surface area contributed by atoms with Crippen LogP contribution in [0.15, 0.2) is 107 Å². The van der Waals surface area contributed by atoms with Gasteiger partial charge in [0.05, 0.1) is 26.9 Å². The third-order valence-electron chi connectivity index (χ3n) is 6.93. The van der Waals surface area contributed by atoms with Crippen molar-refractivity contribution in [2.45, 2.75) is 19.6 Å². The van der Waals surface area contributed by atoms with Crippen LogP contribution in [0.2, 0.25) is 0 Å². The van der Waals surface area contributed by atoms with Crippen molar-refractivity contribution in [3.05, 3.63) is 76.8 Å². The van der Waals surface area contributed by atoms with Crippen LogP contribution in [0.4, 0.5) is 34.1 Å². The van der Waals surface area contributed by atoms with E-state index in [2.05, 4.69) is 20.5 Å². The van der Waals surface area contributed by atoms with Gasteiger partial charge in [0, 0.05) is 28.3 Å². The zero-order valence-electron chi connectivity index (χ0n) is 24.6. The molecule has 0 aromatic heterocycles. The van der Waals surface area contributed by atoms with E-state index in [9.17, 15) is 67.1 Å². The minimum absolute atomic E-state index is 0.0128. The quantitative estimate of drug-likeness (QED) is 0.0376. The average molecular weight is 783 g/mol. The van der Waals surface area contributed by atoms with E-state index in [1.54, 1.807) is 0 Å². The molecule has 0 fully saturated rings. The number of nitro benzene ring substituents is 1. The van der Waals surface area contributed by atoms with Crippen molar-refractivity contribution in [2.75, 3.05) is 5.73 Å². The van der Waals surface area contributed by atoms with E-state index in [1.165, 1.54) is 6.07 Å². The molecule has 7 N–H and O–H groups in total.